The van der Waals surface area contributed by atoms with Gasteiger partial charge in [-0.15, -0.1) is 0 Å². The van der Waals surface area contributed by atoms with Crippen molar-refractivity contribution in [1.82, 2.24) is 4.98 Å². The Balaban J connectivity index is 2.68. The van der Waals surface area contributed by atoms with Crippen LogP contribution in [0.2, 0.25) is 0 Å². The third-order valence-corrected chi connectivity index (χ3v) is 2.44. The summed E-state index contributed by atoms with van der Waals surface area (Å²) in [4.78, 5) is 14.6. The normalized spacial score (nSPS) is 10.5. The number of rotatable bonds is 3. The van der Waals surface area contributed by atoms with Crippen molar-refractivity contribution in [3.05, 3.63) is 35.9 Å². The molecule has 2 rings (SSSR count). The van der Waals surface area contributed by atoms with Crippen molar-refractivity contribution < 1.29 is 19.0 Å². The number of hydrogen-bond donors (Lipinski definition) is 1. The Morgan fingerprint density at radius 3 is 2.88 bits per heavy atom. The van der Waals surface area contributed by atoms with Crippen LogP contribution < -0.4 is 4.74 Å². The Labute approximate surface area is 96.7 Å². The first-order chi connectivity index (χ1) is 8.11. The van der Waals surface area contributed by atoms with E-state index in [0.29, 0.717) is 22.2 Å². The third-order valence-electron chi connectivity index (χ3n) is 2.44. The van der Waals surface area contributed by atoms with Crippen molar-refractivity contribution in [3.8, 4) is 5.75 Å². The average molecular weight is 235 g/mol. The van der Waals surface area contributed by atoms with Crippen LogP contribution in [0.1, 0.15) is 5.69 Å². The van der Waals surface area contributed by atoms with Gasteiger partial charge in [0, 0.05) is 23.0 Å². The van der Waals surface area contributed by atoms with E-state index in [4.69, 9.17) is 9.84 Å². The fraction of sp³-hybridized carbons (Fsp3) is 0.167. The molecule has 5 heteroatoms. The summed E-state index contributed by atoms with van der Waals surface area (Å²) < 4.78 is 18.6. The zero-order valence-corrected chi connectivity index (χ0v) is 9.11. The molecule has 0 aliphatic rings. The summed E-state index contributed by atoms with van der Waals surface area (Å²) in [6.45, 7) is 0. The van der Waals surface area contributed by atoms with Gasteiger partial charge < -0.3 is 9.84 Å². The second-order valence-electron chi connectivity index (χ2n) is 3.53. The molecule has 0 aliphatic carbocycles. The van der Waals surface area contributed by atoms with Gasteiger partial charge in [-0.25, -0.2) is 4.39 Å². The van der Waals surface area contributed by atoms with Crippen LogP contribution in [0.15, 0.2) is 24.4 Å². The second kappa shape index (κ2) is 4.37. The number of carboxylic acids is 1. The molecule has 4 nitrogen and oxygen atoms in total. The monoisotopic (exact) mass is 235 g/mol. The van der Waals surface area contributed by atoms with E-state index in [9.17, 15) is 9.18 Å². The number of halogens is 1. The van der Waals surface area contributed by atoms with E-state index in [0.717, 1.165) is 0 Å². The lowest BCUT2D eigenvalue weighted by atomic mass is 10.1. The van der Waals surface area contributed by atoms with E-state index >= 15 is 0 Å². The maximum atomic E-state index is 13.7. The molecule has 0 atom stereocenters. The molecule has 1 N–H and O–H groups in total. The van der Waals surface area contributed by atoms with Crippen LogP contribution in [-0.4, -0.2) is 23.2 Å². The van der Waals surface area contributed by atoms with Crippen LogP contribution in [0.3, 0.4) is 0 Å². The zero-order valence-electron chi connectivity index (χ0n) is 9.11. The molecule has 0 aliphatic heterocycles. The number of aliphatic carboxylic acids is 1. The Hall–Kier alpha value is -2.17. The highest BCUT2D eigenvalue weighted by atomic mass is 19.1. The Kier molecular flexibility index (Phi) is 2.91. The molecule has 0 bridgehead atoms. The zero-order chi connectivity index (χ0) is 12.4. The van der Waals surface area contributed by atoms with Crippen molar-refractivity contribution in [3.63, 3.8) is 0 Å². The van der Waals surface area contributed by atoms with E-state index in [-0.39, 0.29) is 6.42 Å². The highest BCUT2D eigenvalue weighted by Gasteiger charge is 2.11. The summed E-state index contributed by atoms with van der Waals surface area (Å²) in [6.07, 6.45) is 1.15. The number of ether oxygens (including phenoxy) is 1. The Morgan fingerprint density at radius 2 is 2.24 bits per heavy atom. The van der Waals surface area contributed by atoms with Crippen LogP contribution >= 0.6 is 0 Å². The lowest BCUT2D eigenvalue weighted by molar-refractivity contribution is -0.136. The smallest absolute Gasteiger partial charge is 0.309 e. The molecular weight excluding hydrogens is 225 g/mol. The molecule has 0 spiro atoms. The van der Waals surface area contributed by atoms with Gasteiger partial charge in [-0.2, -0.15) is 0 Å². The number of carboxylic acid groups (broad SMARTS) is 1. The standard InChI is InChI=1S/C12H10FNO3/c1-17-7-4-9-8(10(13)5-7)2-3-14-11(9)6-12(15)16/h2-5H,6H2,1H3,(H,15,16). The van der Waals surface area contributed by atoms with Crippen LogP contribution in [0.4, 0.5) is 4.39 Å². The van der Waals surface area contributed by atoms with Crippen molar-refractivity contribution >= 4 is 16.7 Å². The first kappa shape index (κ1) is 11.3. The van der Waals surface area contributed by atoms with Gasteiger partial charge in [-0.05, 0) is 12.1 Å². The van der Waals surface area contributed by atoms with Crippen LogP contribution in [0.5, 0.6) is 5.75 Å². The van der Waals surface area contributed by atoms with Gasteiger partial charge in [0.15, 0.2) is 0 Å². The van der Waals surface area contributed by atoms with Gasteiger partial charge >= 0.3 is 5.97 Å². The van der Waals surface area contributed by atoms with Crippen molar-refractivity contribution in [2.75, 3.05) is 7.11 Å². The fourth-order valence-corrected chi connectivity index (χ4v) is 1.67. The van der Waals surface area contributed by atoms with E-state index in [1.807, 2.05) is 0 Å². The molecule has 0 saturated carbocycles. The van der Waals surface area contributed by atoms with Gasteiger partial charge in [0.2, 0.25) is 0 Å². The van der Waals surface area contributed by atoms with E-state index in [1.54, 1.807) is 6.07 Å². The Bertz CT molecular complexity index is 583. The van der Waals surface area contributed by atoms with Crippen molar-refractivity contribution in [2.24, 2.45) is 0 Å². The van der Waals surface area contributed by atoms with E-state index < -0.39 is 11.8 Å². The van der Waals surface area contributed by atoms with Crippen LogP contribution in [-0.2, 0) is 11.2 Å². The minimum absolute atomic E-state index is 0.246. The minimum atomic E-state index is -1.01. The lowest BCUT2D eigenvalue weighted by Crippen LogP contribution is -2.03. The number of methoxy groups -OCH3 is 1. The third kappa shape index (κ3) is 2.18. The average Bonchev–Trinajstić information content (AvgIpc) is 2.29. The largest absolute Gasteiger partial charge is 0.497 e. The molecule has 2 aromatic rings. The molecule has 0 unspecified atom stereocenters. The van der Waals surface area contributed by atoms with Crippen LogP contribution in [0.25, 0.3) is 10.8 Å². The predicted molar refractivity (Wildman–Crippen MR) is 59.6 cm³/mol. The maximum absolute atomic E-state index is 13.7. The van der Waals surface area contributed by atoms with Crippen molar-refractivity contribution in [2.45, 2.75) is 6.42 Å². The predicted octanol–water partition coefficient (Wildman–Crippen LogP) is 2.01. The number of aromatic nitrogens is 1. The fourth-order valence-electron chi connectivity index (χ4n) is 1.67. The number of hydrogen-bond acceptors (Lipinski definition) is 3. The summed E-state index contributed by atoms with van der Waals surface area (Å²) in [7, 11) is 1.42. The van der Waals surface area contributed by atoms with Gasteiger partial charge in [0.1, 0.15) is 11.6 Å². The molecule has 0 fully saturated rings. The number of carbonyl (C=O) groups is 1. The topological polar surface area (TPSA) is 59.4 Å². The summed E-state index contributed by atoms with van der Waals surface area (Å²) in [5, 5.41) is 9.57. The van der Waals surface area contributed by atoms with E-state index in [2.05, 4.69) is 4.98 Å². The molecule has 0 saturated heterocycles. The molecular formula is C12H10FNO3. The van der Waals surface area contributed by atoms with Gasteiger partial charge in [0.25, 0.3) is 0 Å². The molecule has 0 radical (unpaired) electrons. The number of benzene rings is 1. The number of pyridine rings is 1. The summed E-state index contributed by atoms with van der Waals surface area (Å²) in [5.41, 5.74) is 0.327. The van der Waals surface area contributed by atoms with Crippen molar-refractivity contribution in [1.29, 1.82) is 0 Å². The highest BCUT2D eigenvalue weighted by Crippen LogP contribution is 2.26. The van der Waals surface area contributed by atoms with Gasteiger partial charge in [-0.1, -0.05) is 0 Å². The highest BCUT2D eigenvalue weighted by molar-refractivity contribution is 5.88. The summed E-state index contributed by atoms with van der Waals surface area (Å²) in [5.74, 6) is -1.11. The van der Waals surface area contributed by atoms with Gasteiger partial charge in [0.05, 0.1) is 19.2 Å². The molecule has 88 valence electrons. The first-order valence-electron chi connectivity index (χ1n) is 4.94. The molecule has 1 aromatic carbocycles. The first-order valence-corrected chi connectivity index (χ1v) is 4.94. The Morgan fingerprint density at radius 1 is 1.47 bits per heavy atom. The molecule has 1 heterocycles. The number of nitrogens with zero attached hydrogens (tertiary/aromatic N) is 1. The van der Waals surface area contributed by atoms with E-state index in [1.165, 1.54) is 25.4 Å². The molecule has 0 amide bonds. The minimum Gasteiger partial charge on any atom is -0.497 e. The quantitative estimate of drug-likeness (QED) is 0.884. The second-order valence-corrected chi connectivity index (χ2v) is 3.53. The lowest BCUT2D eigenvalue weighted by Gasteiger charge is -2.07. The summed E-state index contributed by atoms with van der Waals surface area (Å²) in [6, 6.07) is 4.35. The SMILES string of the molecule is COc1cc(F)c2ccnc(CC(=O)O)c2c1. The number of fused-ring (bicyclic) bond motifs is 1. The molecule has 17 heavy (non-hydrogen) atoms. The van der Waals surface area contributed by atoms with Crippen LogP contribution in [0, 0.1) is 5.82 Å². The summed E-state index contributed by atoms with van der Waals surface area (Å²) >= 11 is 0. The molecule has 1 aromatic heterocycles. The van der Waals surface area contributed by atoms with Gasteiger partial charge in [-0.3, -0.25) is 9.78 Å². The maximum Gasteiger partial charge on any atom is 0.309 e.